The number of hydrogen-bond donors (Lipinski definition) is 9. The monoisotopic (exact) mass is 1880 g/mol. The van der Waals surface area contributed by atoms with Gasteiger partial charge in [0.15, 0.2) is 23.0 Å². The lowest BCUT2D eigenvalue weighted by Gasteiger charge is -2.35. The molecule has 704 valence electrons. The van der Waals surface area contributed by atoms with Crippen molar-refractivity contribution in [1.82, 2.24) is 61.0 Å². The Hall–Kier alpha value is -10.9. The summed E-state index contributed by atoms with van der Waals surface area (Å²) in [6, 6.07) is 27.6. The van der Waals surface area contributed by atoms with Crippen LogP contribution in [0.2, 0.25) is 10.0 Å². The zero-order valence-corrected chi connectivity index (χ0v) is 78.8. The number of unbranched alkanes of at least 4 members (excludes halogenated alkanes) is 5. The zero-order chi connectivity index (χ0) is 94.3. The average Bonchev–Trinajstić information content (AvgIpc) is 1.47. The van der Waals surface area contributed by atoms with E-state index in [0.29, 0.717) is 115 Å². The van der Waals surface area contributed by atoms with E-state index in [9.17, 15) is 52.9 Å². The van der Waals surface area contributed by atoms with Crippen LogP contribution < -0.4 is 46.1 Å². The number of nitrogens with zero attached hydrogens (tertiary/aromatic N) is 8. The third-order valence-corrected chi connectivity index (χ3v) is 24.2. The molecular weight excluding hydrogens is 1770 g/mol. The molecule has 36 heteroatoms. The molecule has 9 N–H and O–H groups in total. The van der Waals surface area contributed by atoms with Crippen molar-refractivity contribution in [1.29, 1.82) is 0 Å². The second-order valence-corrected chi connectivity index (χ2v) is 36.3. The van der Waals surface area contributed by atoms with Crippen LogP contribution in [0.3, 0.4) is 0 Å². The van der Waals surface area contributed by atoms with E-state index < -0.39 is 64.7 Å². The smallest absolute Gasteiger partial charge is 0.246 e. The molecular formula is C95H118Cl2F2N14O16S2. The molecule has 0 spiro atoms. The van der Waals surface area contributed by atoms with Crippen LogP contribution in [0.15, 0.2) is 133 Å². The Morgan fingerprint density at radius 3 is 1.32 bits per heavy atom. The number of methoxy groups -OCH3 is 2. The largest absolute Gasteiger partial charge is 0.504 e. The van der Waals surface area contributed by atoms with Gasteiger partial charge in [-0.1, -0.05) is 139 Å². The molecule has 2 saturated heterocycles. The number of ether oxygens (including phenoxy) is 7. The molecule has 2 fully saturated rings. The van der Waals surface area contributed by atoms with Gasteiger partial charge in [-0.25, -0.2) is 38.7 Å². The fourth-order valence-electron chi connectivity index (χ4n) is 14.5. The highest BCUT2D eigenvalue weighted by molar-refractivity contribution is 7.13. The molecule has 6 heterocycles. The molecule has 0 aliphatic carbocycles. The topological polar surface area (TPSA) is 384 Å². The Bertz CT molecular complexity index is 5440. The summed E-state index contributed by atoms with van der Waals surface area (Å²) in [6.45, 7) is 21.4. The summed E-state index contributed by atoms with van der Waals surface area (Å²) in [5, 5.41) is 49.9. The number of fused-ring (bicyclic) bond motifs is 2. The van der Waals surface area contributed by atoms with Crippen molar-refractivity contribution in [2.45, 2.75) is 182 Å². The number of thiazole rings is 2. The van der Waals surface area contributed by atoms with Crippen molar-refractivity contribution in [3.8, 4) is 43.9 Å². The number of aromatic hydroxyl groups is 1. The molecule has 131 heavy (non-hydrogen) atoms. The van der Waals surface area contributed by atoms with Crippen LogP contribution in [0.25, 0.3) is 42.7 Å². The maximum Gasteiger partial charge on any atom is 0.246 e. The van der Waals surface area contributed by atoms with Crippen molar-refractivity contribution >= 4 is 126 Å². The number of rotatable bonds is 42. The number of aryl methyl sites for hydroxylation is 2. The van der Waals surface area contributed by atoms with Gasteiger partial charge >= 0.3 is 0 Å². The summed E-state index contributed by atoms with van der Waals surface area (Å²) in [6.07, 6.45) is 8.54. The van der Waals surface area contributed by atoms with E-state index >= 15 is 0 Å². The van der Waals surface area contributed by atoms with Crippen molar-refractivity contribution in [3.05, 3.63) is 177 Å². The number of aromatic nitrogens is 6. The molecule has 0 bridgehead atoms. The third-order valence-electron chi connectivity index (χ3n) is 21.7. The minimum absolute atomic E-state index is 0.00435. The number of halogens is 4. The van der Waals surface area contributed by atoms with Crippen LogP contribution >= 0.6 is 45.9 Å². The normalized spacial score (nSPS) is 15.3. The molecule has 30 nitrogen and oxygen atoms in total. The average molecular weight is 1890 g/mol. The van der Waals surface area contributed by atoms with Crippen molar-refractivity contribution < 1.29 is 86.0 Å². The number of β-amino-alcohol motifs (C(OH)–C–C–N with tert-alkyl or cyclic N) is 2. The lowest BCUT2D eigenvalue weighted by molar-refractivity contribution is -0.144. The number of benzene rings is 6. The number of hydrogen-bond acceptors (Lipinski definition) is 26. The summed E-state index contributed by atoms with van der Waals surface area (Å²) in [5.41, 5.74) is 10.6. The van der Waals surface area contributed by atoms with E-state index in [-0.39, 0.29) is 104 Å². The summed E-state index contributed by atoms with van der Waals surface area (Å²) in [7, 11) is 3.02. The first-order valence-corrected chi connectivity index (χ1v) is 46.1. The Labute approximate surface area is 780 Å². The van der Waals surface area contributed by atoms with Crippen LogP contribution in [0.4, 0.5) is 31.8 Å². The molecule has 0 unspecified atom stereocenters. The first-order valence-electron chi connectivity index (χ1n) is 43.6. The first kappa shape index (κ1) is 102. The number of carbonyl (C=O) groups is 6. The number of phenolic OH excluding ortho intramolecular Hbond substituents is 1. The fraction of sp³-hybridized carbons (Fsp3) is 0.453. The van der Waals surface area contributed by atoms with Gasteiger partial charge in [0, 0.05) is 99.4 Å². The predicted molar refractivity (Wildman–Crippen MR) is 503 cm³/mol. The van der Waals surface area contributed by atoms with Crippen LogP contribution in [0.5, 0.6) is 23.0 Å². The highest BCUT2D eigenvalue weighted by Gasteiger charge is 2.46. The number of amides is 6. The Morgan fingerprint density at radius 1 is 0.504 bits per heavy atom. The molecule has 4 aromatic heterocycles. The number of carbonyl (C=O) groups excluding carboxylic acids is 6. The van der Waals surface area contributed by atoms with Gasteiger partial charge < -0.3 is 90.2 Å². The van der Waals surface area contributed by atoms with Gasteiger partial charge in [-0.05, 0) is 121 Å². The highest BCUT2D eigenvalue weighted by Crippen LogP contribution is 2.39. The SMILES string of the molecule is CCCCCCOCCOCCC(=O)N[C@H](C(=O)N1C[C@H](O)C[C@H]1C(=O)NCc1ccc(-c2scnc2C)cc1)C(C)(C)C.COc1cc2ncnc(Nc3ccc(F)c(Cl)c3)c2cc1O.COc1cc2ncnc(Nc3ccc(F)c(Cl)c3)c2cc1OCCCCCOCCOCCC(=O)N[C@H](C(=O)N1C[C@H](O)C[C@H]1C(=O)NCc1ccc(-c2scnc2C)cc1)C(C)(C)C. The standard InChI is InChI=1S/C47H57ClFN7O8S.C33H50N4O6S.C15H11ClFN3O2/c1-29-42(65-28-53-29)31-11-9-30(10-12-31)25-50-45(59)38-22-33(57)26-56(38)46(60)43(47(2,3)4)55-41(58)15-18-63-20-19-62-16-7-6-8-17-64-40-23-34-37(24-39(40)61-5)51-27-52-44(34)54-32-13-14-36(49)35(48)21-32;1-6-7-8-9-15-42-17-18-43-16-14-28(39)36-30(33(3,4)5)32(41)37-21-26(38)19-27(37)31(40)34-20-24-10-12-25(13-11-24)29-23(2)35-22-44-29;1-22-14-6-12-9(5-13(14)21)15(19-7-18-12)20-8-2-3-11(17)10(16)4-8/h9-14,21,23-24,27-28,33,38,43,57H,6-8,15-20,22,25-26H2,1-5H3,(H,50,59)(H,55,58)(H,51,52,54);10-13,22,26-27,30,38H,6-9,14-21H2,1-5H3,(H,34,40)(H,36,39);2-7,21H,1H3,(H,18,19,20)/t33-,38+,43-;26-,27+,30-;/m11./s1. The minimum Gasteiger partial charge on any atom is -0.504 e. The van der Waals surface area contributed by atoms with Gasteiger partial charge in [0.25, 0.3) is 0 Å². The third kappa shape index (κ3) is 30.3. The molecule has 2 aliphatic heterocycles. The second kappa shape index (κ2) is 50.1. The van der Waals surface area contributed by atoms with Gasteiger partial charge in [0.05, 0.1) is 126 Å². The van der Waals surface area contributed by atoms with Crippen LogP contribution in [0.1, 0.15) is 142 Å². The Kier molecular flexibility index (Phi) is 39.1. The van der Waals surface area contributed by atoms with E-state index in [2.05, 4.69) is 68.7 Å². The fourth-order valence-corrected chi connectivity index (χ4v) is 16.5. The number of phenols is 1. The lowest BCUT2D eigenvalue weighted by Crippen LogP contribution is -2.57. The van der Waals surface area contributed by atoms with Gasteiger partial charge in [-0.3, -0.25) is 28.8 Å². The molecule has 0 saturated carbocycles. The number of likely N-dealkylation sites (tertiary alicyclic amines) is 2. The quantitative estimate of drug-likeness (QED) is 0.0160. The molecule has 10 aromatic rings. The lowest BCUT2D eigenvalue weighted by atomic mass is 9.85. The van der Waals surface area contributed by atoms with Crippen molar-refractivity contribution in [2.75, 3.05) is 97.4 Å². The van der Waals surface area contributed by atoms with Gasteiger partial charge in [0.2, 0.25) is 35.4 Å². The van der Waals surface area contributed by atoms with E-state index in [1.165, 1.54) is 72.7 Å². The second-order valence-electron chi connectivity index (χ2n) is 33.8. The maximum atomic E-state index is 14.0. The maximum absolute atomic E-state index is 14.0. The van der Waals surface area contributed by atoms with Crippen molar-refractivity contribution in [3.63, 3.8) is 0 Å². The molecule has 12 rings (SSSR count). The van der Waals surface area contributed by atoms with Crippen LogP contribution in [0, 0.1) is 36.3 Å². The summed E-state index contributed by atoms with van der Waals surface area (Å²) in [5.74, 6) is -0.851. The first-order chi connectivity index (χ1) is 62.8. The van der Waals surface area contributed by atoms with E-state index in [1.54, 1.807) is 54.0 Å². The molecule has 0 radical (unpaired) electrons. The highest BCUT2D eigenvalue weighted by atomic mass is 35.5. The van der Waals surface area contributed by atoms with Gasteiger partial charge in [-0.15, -0.1) is 22.7 Å². The van der Waals surface area contributed by atoms with E-state index in [4.69, 9.17) is 56.4 Å². The van der Waals surface area contributed by atoms with Crippen molar-refractivity contribution in [2.24, 2.45) is 10.8 Å². The number of nitrogens with one attached hydrogen (secondary N) is 6. The van der Waals surface area contributed by atoms with E-state index in [0.717, 1.165) is 75.5 Å². The molecule has 6 atom stereocenters. The minimum atomic E-state index is -0.930. The van der Waals surface area contributed by atoms with Crippen LogP contribution in [-0.2, 0) is 60.8 Å². The van der Waals surface area contributed by atoms with E-state index in [1.807, 2.05) is 121 Å². The summed E-state index contributed by atoms with van der Waals surface area (Å²) in [4.78, 5) is 111. The molecule has 6 aromatic carbocycles. The van der Waals surface area contributed by atoms with Gasteiger partial charge in [0.1, 0.15) is 60.1 Å². The number of aliphatic hydroxyl groups excluding tert-OH is 2. The summed E-state index contributed by atoms with van der Waals surface area (Å²) < 4.78 is 66.0. The number of aliphatic hydroxyl groups is 2. The Balaban J connectivity index is 0.000000230. The predicted octanol–water partition coefficient (Wildman–Crippen LogP) is 15.5. The Morgan fingerprint density at radius 2 is 0.916 bits per heavy atom. The number of anilines is 4. The van der Waals surface area contributed by atoms with Gasteiger partial charge in [-0.2, -0.15) is 0 Å². The zero-order valence-electron chi connectivity index (χ0n) is 75.7. The molecule has 2 aliphatic rings. The summed E-state index contributed by atoms with van der Waals surface area (Å²) >= 11 is 14.9. The molecule has 6 amide bonds. The van der Waals surface area contributed by atoms with Crippen LogP contribution in [-0.4, -0.2) is 214 Å².